The molecule has 2 heterocycles. The maximum absolute atomic E-state index is 13.2. The molecule has 1 atom stereocenters. The first kappa shape index (κ1) is 20.6. The van der Waals surface area contributed by atoms with Crippen LogP contribution in [0, 0.1) is 13.8 Å². The van der Waals surface area contributed by atoms with Gasteiger partial charge in [-0.1, -0.05) is 36.8 Å². The monoisotopic (exact) mass is 402 g/mol. The van der Waals surface area contributed by atoms with Gasteiger partial charge in [-0.25, -0.2) is 9.50 Å². The zero-order chi connectivity index (χ0) is 21.2. The Kier molecular flexibility index (Phi) is 5.72. The summed E-state index contributed by atoms with van der Waals surface area (Å²) in [6.45, 7) is 5.53. The van der Waals surface area contributed by atoms with Crippen LogP contribution in [0.15, 0.2) is 42.6 Å². The maximum atomic E-state index is 13.2. The molecule has 1 aromatic carbocycles. The van der Waals surface area contributed by atoms with Crippen molar-refractivity contribution in [2.24, 2.45) is 0 Å². The van der Waals surface area contributed by atoms with Gasteiger partial charge in [0.1, 0.15) is 5.69 Å². The van der Waals surface area contributed by atoms with E-state index < -0.39 is 11.9 Å². The molecule has 2 aromatic heterocycles. The Hall–Kier alpha value is -3.16. The number of benzene rings is 1. The molecule has 0 saturated carbocycles. The standard InChI is InChI=1S/C21H21F3N4O/c1-4-17(15-7-5-13(2)6-8-15)26-19(29)10-9-16-14(3)27-28-18(21(22,23)24)11-12-25-20(16)28/h5-12,17H,4H2,1-3H3,(H,26,29)/b10-9+/t17-/m0/s1. The number of aromatic nitrogens is 3. The Bertz CT molecular complexity index is 1050. The Balaban J connectivity index is 1.84. The Morgan fingerprint density at radius 1 is 1.21 bits per heavy atom. The van der Waals surface area contributed by atoms with Gasteiger partial charge in [0.15, 0.2) is 5.65 Å². The van der Waals surface area contributed by atoms with Gasteiger partial charge in [0.25, 0.3) is 0 Å². The summed E-state index contributed by atoms with van der Waals surface area (Å²) >= 11 is 0. The Morgan fingerprint density at radius 2 is 1.90 bits per heavy atom. The third kappa shape index (κ3) is 4.47. The van der Waals surface area contributed by atoms with Gasteiger partial charge in [-0.3, -0.25) is 4.79 Å². The summed E-state index contributed by atoms with van der Waals surface area (Å²) in [5, 5.41) is 6.86. The number of hydrogen-bond acceptors (Lipinski definition) is 3. The lowest BCUT2D eigenvalue weighted by Gasteiger charge is -2.16. The number of nitrogens with one attached hydrogen (secondary N) is 1. The fourth-order valence-electron chi connectivity index (χ4n) is 3.08. The van der Waals surface area contributed by atoms with Crippen molar-refractivity contribution in [1.82, 2.24) is 19.9 Å². The highest BCUT2D eigenvalue weighted by Gasteiger charge is 2.34. The van der Waals surface area contributed by atoms with Gasteiger partial charge in [0.2, 0.25) is 5.91 Å². The van der Waals surface area contributed by atoms with E-state index in [4.69, 9.17) is 0 Å². The number of carbonyl (C=O) groups is 1. The Labute approximate surface area is 166 Å². The highest BCUT2D eigenvalue weighted by Crippen LogP contribution is 2.30. The lowest BCUT2D eigenvalue weighted by Crippen LogP contribution is -2.26. The van der Waals surface area contributed by atoms with Crippen LogP contribution in [0.4, 0.5) is 13.2 Å². The first-order valence-electron chi connectivity index (χ1n) is 9.17. The first-order valence-corrected chi connectivity index (χ1v) is 9.17. The summed E-state index contributed by atoms with van der Waals surface area (Å²) in [5.41, 5.74) is 1.97. The van der Waals surface area contributed by atoms with E-state index in [1.807, 2.05) is 38.1 Å². The minimum Gasteiger partial charge on any atom is -0.346 e. The van der Waals surface area contributed by atoms with Crippen molar-refractivity contribution in [3.63, 3.8) is 0 Å². The van der Waals surface area contributed by atoms with Crippen LogP contribution < -0.4 is 5.32 Å². The van der Waals surface area contributed by atoms with Crippen LogP contribution >= 0.6 is 0 Å². The summed E-state index contributed by atoms with van der Waals surface area (Å²) < 4.78 is 40.3. The number of amides is 1. The van der Waals surface area contributed by atoms with E-state index >= 15 is 0 Å². The first-order chi connectivity index (χ1) is 13.7. The normalized spacial score (nSPS) is 13.2. The molecule has 0 spiro atoms. The summed E-state index contributed by atoms with van der Waals surface area (Å²) in [5.74, 6) is -0.344. The summed E-state index contributed by atoms with van der Waals surface area (Å²) in [7, 11) is 0. The maximum Gasteiger partial charge on any atom is 0.433 e. The van der Waals surface area contributed by atoms with E-state index in [1.165, 1.54) is 12.2 Å². The predicted molar refractivity (Wildman–Crippen MR) is 104 cm³/mol. The second kappa shape index (κ2) is 8.06. The average molecular weight is 402 g/mol. The average Bonchev–Trinajstić information content (AvgIpc) is 2.99. The van der Waals surface area contributed by atoms with Crippen LogP contribution in [0.2, 0.25) is 0 Å². The van der Waals surface area contributed by atoms with E-state index in [1.54, 1.807) is 6.92 Å². The predicted octanol–water partition coefficient (Wildman–Crippen LogP) is 4.65. The van der Waals surface area contributed by atoms with Gasteiger partial charge in [0, 0.05) is 17.8 Å². The van der Waals surface area contributed by atoms with Crippen molar-refractivity contribution in [2.75, 3.05) is 0 Å². The molecule has 3 rings (SSSR count). The van der Waals surface area contributed by atoms with Crippen molar-refractivity contribution < 1.29 is 18.0 Å². The summed E-state index contributed by atoms with van der Waals surface area (Å²) in [6, 6.07) is 8.59. The van der Waals surface area contributed by atoms with E-state index in [0.717, 1.165) is 27.9 Å². The summed E-state index contributed by atoms with van der Waals surface area (Å²) in [4.78, 5) is 16.4. The fraction of sp³-hybridized carbons (Fsp3) is 0.286. The van der Waals surface area contributed by atoms with Crippen molar-refractivity contribution in [1.29, 1.82) is 0 Å². The van der Waals surface area contributed by atoms with Crippen molar-refractivity contribution >= 4 is 17.6 Å². The molecule has 5 nitrogen and oxygen atoms in total. The largest absolute Gasteiger partial charge is 0.433 e. The molecule has 0 aliphatic heterocycles. The molecule has 0 aliphatic carbocycles. The molecule has 0 aliphatic rings. The van der Waals surface area contributed by atoms with Gasteiger partial charge in [0.05, 0.1) is 11.7 Å². The molecule has 1 amide bonds. The summed E-state index contributed by atoms with van der Waals surface area (Å²) in [6.07, 6.45) is -0.0265. The van der Waals surface area contributed by atoms with Crippen molar-refractivity contribution in [2.45, 2.75) is 39.4 Å². The van der Waals surface area contributed by atoms with Gasteiger partial charge in [-0.05, 0) is 38.0 Å². The molecule has 0 saturated heterocycles. The fourth-order valence-corrected chi connectivity index (χ4v) is 3.08. The second-order valence-electron chi connectivity index (χ2n) is 6.78. The SMILES string of the molecule is CC[C@H](NC(=O)/C=C/c1c(C)nn2c(C(F)(F)F)ccnc12)c1ccc(C)cc1. The number of carbonyl (C=O) groups excluding carboxylic acids is 1. The van der Waals surface area contributed by atoms with Gasteiger partial charge in [-0.15, -0.1) is 0 Å². The number of aryl methyl sites for hydroxylation is 2. The molecule has 0 unspecified atom stereocenters. The highest BCUT2D eigenvalue weighted by atomic mass is 19.4. The van der Waals surface area contributed by atoms with Gasteiger partial charge >= 0.3 is 6.18 Å². The van der Waals surface area contributed by atoms with Crippen molar-refractivity contribution in [3.8, 4) is 0 Å². The van der Waals surface area contributed by atoms with Crippen LogP contribution in [0.5, 0.6) is 0 Å². The van der Waals surface area contributed by atoms with E-state index in [0.29, 0.717) is 17.7 Å². The molecule has 152 valence electrons. The van der Waals surface area contributed by atoms with E-state index in [-0.39, 0.29) is 17.6 Å². The van der Waals surface area contributed by atoms with Crippen LogP contribution in [0.3, 0.4) is 0 Å². The van der Waals surface area contributed by atoms with Crippen LogP contribution in [-0.4, -0.2) is 20.5 Å². The Morgan fingerprint density at radius 3 is 2.52 bits per heavy atom. The number of alkyl halides is 3. The topological polar surface area (TPSA) is 59.3 Å². The lowest BCUT2D eigenvalue weighted by molar-refractivity contribution is -0.142. The van der Waals surface area contributed by atoms with Crippen LogP contribution in [-0.2, 0) is 11.0 Å². The molecule has 0 fully saturated rings. The molecule has 0 bridgehead atoms. The molecule has 29 heavy (non-hydrogen) atoms. The minimum absolute atomic E-state index is 0.0481. The third-order valence-corrected chi connectivity index (χ3v) is 4.63. The van der Waals surface area contributed by atoms with Gasteiger partial charge in [-0.2, -0.15) is 18.3 Å². The number of rotatable bonds is 5. The highest BCUT2D eigenvalue weighted by molar-refractivity contribution is 5.93. The smallest absolute Gasteiger partial charge is 0.346 e. The second-order valence-corrected chi connectivity index (χ2v) is 6.78. The molecular weight excluding hydrogens is 381 g/mol. The minimum atomic E-state index is -4.56. The van der Waals surface area contributed by atoms with E-state index in [9.17, 15) is 18.0 Å². The van der Waals surface area contributed by atoms with Gasteiger partial charge < -0.3 is 5.32 Å². The molecular formula is C21H21F3N4O. The lowest BCUT2D eigenvalue weighted by atomic mass is 10.0. The van der Waals surface area contributed by atoms with Crippen LogP contribution in [0.25, 0.3) is 11.7 Å². The number of fused-ring (bicyclic) bond motifs is 1. The quantitative estimate of drug-likeness (QED) is 0.632. The van der Waals surface area contributed by atoms with Crippen LogP contribution in [0.1, 0.15) is 47.5 Å². The third-order valence-electron chi connectivity index (χ3n) is 4.63. The van der Waals surface area contributed by atoms with Crippen molar-refractivity contribution in [3.05, 3.63) is 70.7 Å². The zero-order valence-corrected chi connectivity index (χ0v) is 16.3. The number of nitrogens with zero attached hydrogens (tertiary/aromatic N) is 3. The molecule has 8 heteroatoms. The number of hydrogen-bond donors (Lipinski definition) is 1. The van der Waals surface area contributed by atoms with E-state index in [2.05, 4.69) is 15.4 Å². The number of halogens is 3. The molecule has 0 radical (unpaired) electrons. The zero-order valence-electron chi connectivity index (χ0n) is 16.3. The molecule has 1 N–H and O–H groups in total. The molecule has 3 aromatic rings.